The molecule has 0 saturated heterocycles. The van der Waals surface area contributed by atoms with Crippen molar-refractivity contribution in [2.24, 2.45) is 0 Å². The summed E-state index contributed by atoms with van der Waals surface area (Å²) in [4.78, 5) is 10.6. The molecule has 0 bridgehead atoms. The molecule has 0 radical (unpaired) electrons. The lowest BCUT2D eigenvalue weighted by Crippen LogP contribution is -2.30. The van der Waals surface area contributed by atoms with Crippen LogP contribution in [-0.2, 0) is 16.0 Å². The first-order valence-electron chi connectivity index (χ1n) is 3.10. The van der Waals surface area contributed by atoms with E-state index in [1.165, 1.54) is 0 Å². The molecule has 1 saturated carbocycles. The standard InChI is InChI=1S/C5H6N2O4S/c6-3-5(1-2-5)11-4(8)7-12(9)10/h1-2H2,(H,7,8)(H,9,10). The van der Waals surface area contributed by atoms with E-state index in [0.29, 0.717) is 12.8 Å². The number of hydrogen-bond acceptors (Lipinski definition) is 4. The van der Waals surface area contributed by atoms with E-state index in [2.05, 4.69) is 4.74 Å². The molecule has 7 heteroatoms. The summed E-state index contributed by atoms with van der Waals surface area (Å²) in [7, 11) is 0. The molecule has 1 amide bonds. The molecule has 0 heterocycles. The molecule has 66 valence electrons. The predicted octanol–water partition coefficient (Wildman–Crippen LogP) is -0.0945. The second kappa shape index (κ2) is 3.08. The average molecular weight is 190 g/mol. The van der Waals surface area contributed by atoms with Crippen molar-refractivity contribution in [3.8, 4) is 6.07 Å². The highest BCUT2D eigenvalue weighted by Gasteiger charge is 2.47. The summed E-state index contributed by atoms with van der Waals surface area (Å²) >= 11 is -2.44. The molecule has 1 rings (SSSR count). The minimum atomic E-state index is -2.44. The fourth-order valence-electron chi connectivity index (χ4n) is 0.620. The monoisotopic (exact) mass is 190 g/mol. The van der Waals surface area contributed by atoms with Crippen LogP contribution in [0.1, 0.15) is 12.8 Å². The average Bonchev–Trinajstić information content (AvgIpc) is 2.67. The number of carbonyl (C=O) groups is 1. The van der Waals surface area contributed by atoms with Crippen LogP contribution < -0.4 is 4.72 Å². The maximum absolute atomic E-state index is 10.6. The fraction of sp³-hybridized carbons (Fsp3) is 0.600. The van der Waals surface area contributed by atoms with Gasteiger partial charge < -0.3 is 4.74 Å². The molecule has 1 unspecified atom stereocenters. The number of carbonyl (C=O) groups excluding carboxylic acids is 1. The van der Waals surface area contributed by atoms with Crippen molar-refractivity contribution in [1.29, 1.82) is 5.26 Å². The molecule has 6 nitrogen and oxygen atoms in total. The second-order valence-electron chi connectivity index (χ2n) is 2.35. The molecule has 0 spiro atoms. The summed E-state index contributed by atoms with van der Waals surface area (Å²) in [5, 5.41) is 8.45. The van der Waals surface area contributed by atoms with Crippen molar-refractivity contribution in [1.82, 2.24) is 4.72 Å². The molecule has 0 aromatic carbocycles. The molecule has 1 atom stereocenters. The zero-order valence-electron chi connectivity index (χ0n) is 5.94. The molecular weight excluding hydrogens is 184 g/mol. The predicted molar refractivity (Wildman–Crippen MR) is 38.0 cm³/mol. The van der Waals surface area contributed by atoms with Gasteiger partial charge in [0.2, 0.25) is 0 Å². The van der Waals surface area contributed by atoms with Gasteiger partial charge >= 0.3 is 6.09 Å². The van der Waals surface area contributed by atoms with Crippen LogP contribution in [0.3, 0.4) is 0 Å². The Labute approximate surface area is 70.9 Å². The zero-order valence-corrected chi connectivity index (χ0v) is 6.76. The minimum Gasteiger partial charge on any atom is -0.427 e. The highest BCUT2D eigenvalue weighted by Crippen LogP contribution is 2.38. The normalized spacial score (nSPS) is 20.3. The van der Waals surface area contributed by atoms with Gasteiger partial charge in [0.25, 0.3) is 11.3 Å². The number of hydrogen-bond donors (Lipinski definition) is 2. The summed E-state index contributed by atoms with van der Waals surface area (Å²) in [6.07, 6.45) is -0.0841. The van der Waals surface area contributed by atoms with E-state index in [0.717, 1.165) is 0 Å². The van der Waals surface area contributed by atoms with E-state index < -0.39 is 23.0 Å². The summed E-state index contributed by atoms with van der Waals surface area (Å²) in [5.41, 5.74) is -1.05. The number of nitrogens with zero attached hydrogens (tertiary/aromatic N) is 1. The first kappa shape index (κ1) is 8.96. The van der Waals surface area contributed by atoms with Crippen molar-refractivity contribution in [2.45, 2.75) is 18.4 Å². The van der Waals surface area contributed by atoms with Crippen LogP contribution in [0.25, 0.3) is 0 Å². The van der Waals surface area contributed by atoms with Crippen LogP contribution in [0.5, 0.6) is 0 Å². The van der Waals surface area contributed by atoms with E-state index in [1.807, 2.05) is 0 Å². The molecule has 0 aromatic rings. The summed E-state index contributed by atoms with van der Waals surface area (Å²) in [5.74, 6) is 0. The molecule has 0 aromatic heterocycles. The summed E-state index contributed by atoms with van der Waals surface area (Å²) in [6.45, 7) is 0. The Morgan fingerprint density at radius 3 is 2.67 bits per heavy atom. The van der Waals surface area contributed by atoms with Crippen molar-refractivity contribution < 1.29 is 18.3 Å². The molecule has 12 heavy (non-hydrogen) atoms. The first-order chi connectivity index (χ1) is 5.58. The molecule has 1 fully saturated rings. The van der Waals surface area contributed by atoms with Gasteiger partial charge in [-0.3, -0.25) is 4.55 Å². The van der Waals surface area contributed by atoms with Gasteiger partial charge in [-0.05, 0) is 0 Å². The van der Waals surface area contributed by atoms with Gasteiger partial charge in [0.1, 0.15) is 6.07 Å². The Morgan fingerprint density at radius 2 is 2.33 bits per heavy atom. The third kappa shape index (κ3) is 2.18. The Morgan fingerprint density at radius 1 is 1.75 bits per heavy atom. The second-order valence-corrected chi connectivity index (χ2v) is 3.05. The van der Waals surface area contributed by atoms with Crippen LogP contribution in [0.15, 0.2) is 0 Å². The highest BCUT2D eigenvalue weighted by molar-refractivity contribution is 7.77. The number of ether oxygens (including phenoxy) is 1. The van der Waals surface area contributed by atoms with E-state index in [9.17, 15) is 9.00 Å². The molecule has 2 N–H and O–H groups in total. The maximum atomic E-state index is 10.6. The maximum Gasteiger partial charge on any atom is 0.422 e. The molecule has 1 aliphatic carbocycles. The van der Waals surface area contributed by atoms with Crippen molar-refractivity contribution in [2.75, 3.05) is 0 Å². The summed E-state index contributed by atoms with van der Waals surface area (Å²) in [6, 6.07) is 1.79. The summed E-state index contributed by atoms with van der Waals surface area (Å²) < 4.78 is 24.3. The van der Waals surface area contributed by atoms with E-state index >= 15 is 0 Å². The van der Waals surface area contributed by atoms with Gasteiger partial charge in [0, 0.05) is 12.8 Å². The number of amides is 1. The van der Waals surface area contributed by atoms with Crippen LogP contribution in [0.4, 0.5) is 4.79 Å². The van der Waals surface area contributed by atoms with Gasteiger partial charge in [-0.25, -0.2) is 13.7 Å². The van der Waals surface area contributed by atoms with Gasteiger partial charge in [0.05, 0.1) is 0 Å². The lowest BCUT2D eigenvalue weighted by molar-refractivity contribution is 0.117. The van der Waals surface area contributed by atoms with Crippen LogP contribution in [0.2, 0.25) is 0 Å². The van der Waals surface area contributed by atoms with Crippen LogP contribution >= 0.6 is 0 Å². The van der Waals surface area contributed by atoms with Crippen LogP contribution in [-0.4, -0.2) is 20.5 Å². The van der Waals surface area contributed by atoms with Crippen LogP contribution in [0, 0.1) is 11.3 Å². The Kier molecular flexibility index (Phi) is 2.30. The number of nitrogens with one attached hydrogen (secondary N) is 1. The minimum absolute atomic E-state index is 0.481. The van der Waals surface area contributed by atoms with Gasteiger partial charge in [-0.15, -0.1) is 0 Å². The molecule has 1 aliphatic rings. The molecule has 0 aliphatic heterocycles. The Hall–Kier alpha value is -1.13. The van der Waals surface area contributed by atoms with E-state index in [-0.39, 0.29) is 0 Å². The van der Waals surface area contributed by atoms with Gasteiger partial charge in [-0.1, -0.05) is 0 Å². The Bertz CT molecular complexity index is 267. The fourth-order valence-corrected chi connectivity index (χ4v) is 0.804. The van der Waals surface area contributed by atoms with Gasteiger partial charge in [0.15, 0.2) is 5.60 Å². The third-order valence-corrected chi connectivity index (χ3v) is 1.71. The molecular formula is C5H6N2O4S. The lowest BCUT2D eigenvalue weighted by Gasteiger charge is -2.06. The van der Waals surface area contributed by atoms with E-state index in [1.54, 1.807) is 10.8 Å². The largest absolute Gasteiger partial charge is 0.427 e. The third-order valence-electron chi connectivity index (χ3n) is 1.37. The SMILES string of the molecule is N#CC1(OC(=O)NS(=O)O)CC1. The van der Waals surface area contributed by atoms with E-state index in [4.69, 9.17) is 9.81 Å². The quantitative estimate of drug-likeness (QED) is 0.592. The van der Waals surface area contributed by atoms with Crippen molar-refractivity contribution in [3.05, 3.63) is 0 Å². The van der Waals surface area contributed by atoms with Crippen molar-refractivity contribution in [3.63, 3.8) is 0 Å². The Balaban J connectivity index is 2.38. The van der Waals surface area contributed by atoms with Gasteiger partial charge in [-0.2, -0.15) is 5.26 Å². The number of rotatable bonds is 2. The topological polar surface area (TPSA) is 99.4 Å². The highest BCUT2D eigenvalue weighted by atomic mass is 32.2. The first-order valence-corrected chi connectivity index (χ1v) is 4.20. The van der Waals surface area contributed by atoms with Crippen molar-refractivity contribution >= 4 is 17.4 Å². The number of nitriles is 1. The zero-order chi connectivity index (χ0) is 9.19. The smallest absolute Gasteiger partial charge is 0.422 e. The lowest BCUT2D eigenvalue weighted by atomic mass is 10.4.